The molecule has 0 unspecified atom stereocenters. The van der Waals surface area contributed by atoms with E-state index in [4.69, 9.17) is 4.74 Å². The first kappa shape index (κ1) is 31.6. The van der Waals surface area contributed by atoms with Gasteiger partial charge in [0.2, 0.25) is 11.8 Å². The van der Waals surface area contributed by atoms with Crippen molar-refractivity contribution in [2.75, 3.05) is 4.90 Å². The molecule has 2 aromatic rings. The number of hydrogen-bond donors (Lipinski definition) is 2. The number of anilines is 1. The summed E-state index contributed by atoms with van der Waals surface area (Å²) in [6.45, 7) is 7.99. The lowest BCUT2D eigenvalue weighted by Crippen LogP contribution is -2.56. The molecule has 3 amide bonds. The fraction of sp³-hybridized carbons (Fsp3) is 0.464. The van der Waals surface area contributed by atoms with E-state index in [0.717, 1.165) is 17.0 Å². The first-order chi connectivity index (χ1) is 18.9. The molecule has 41 heavy (non-hydrogen) atoms. The summed E-state index contributed by atoms with van der Waals surface area (Å²) < 4.78 is 77.0. The average molecular weight is 586 g/mol. The lowest BCUT2D eigenvalue weighted by atomic mass is 10.0. The summed E-state index contributed by atoms with van der Waals surface area (Å²) in [6, 6.07) is 3.60. The maximum Gasteiger partial charge on any atom is 0.573 e. The Morgan fingerprint density at radius 1 is 1.10 bits per heavy atom. The molecule has 0 aromatic heterocycles. The van der Waals surface area contributed by atoms with Crippen LogP contribution in [0.25, 0.3) is 0 Å². The second-order valence-corrected chi connectivity index (χ2v) is 10.9. The maximum atomic E-state index is 14.8. The molecule has 0 aliphatic carbocycles. The van der Waals surface area contributed by atoms with Gasteiger partial charge in [-0.2, -0.15) is 0 Å². The van der Waals surface area contributed by atoms with Crippen LogP contribution in [-0.4, -0.2) is 48.0 Å². The van der Waals surface area contributed by atoms with Gasteiger partial charge in [-0.3, -0.25) is 9.59 Å². The van der Waals surface area contributed by atoms with Crippen LogP contribution in [0.15, 0.2) is 36.4 Å². The summed E-state index contributed by atoms with van der Waals surface area (Å²) >= 11 is 0. The maximum absolute atomic E-state index is 14.8. The number of alkyl carbamates (subject to hydrolysis) is 1. The summed E-state index contributed by atoms with van der Waals surface area (Å²) in [7, 11) is 0. The van der Waals surface area contributed by atoms with E-state index in [1.807, 2.05) is 0 Å². The molecular formula is C28H32F5N3O5. The number of rotatable bonds is 7. The third-order valence-corrected chi connectivity index (χ3v) is 6.05. The number of carbonyl (C=O) groups excluding carboxylic acids is 3. The van der Waals surface area contributed by atoms with E-state index in [-0.39, 0.29) is 29.7 Å². The molecule has 0 spiro atoms. The molecule has 0 bridgehead atoms. The number of nitrogens with zero attached hydrogens (tertiary/aromatic N) is 1. The Morgan fingerprint density at radius 3 is 2.37 bits per heavy atom. The predicted molar refractivity (Wildman–Crippen MR) is 139 cm³/mol. The van der Waals surface area contributed by atoms with Crippen molar-refractivity contribution in [3.05, 3.63) is 59.2 Å². The molecular weight excluding hydrogens is 553 g/mol. The highest BCUT2D eigenvalue weighted by atomic mass is 19.4. The van der Waals surface area contributed by atoms with Crippen LogP contribution >= 0.6 is 0 Å². The van der Waals surface area contributed by atoms with Crippen LogP contribution in [0, 0.1) is 11.6 Å². The lowest BCUT2D eigenvalue weighted by molar-refractivity contribution is -0.274. The van der Waals surface area contributed by atoms with Gasteiger partial charge in [0.05, 0.1) is 5.69 Å². The van der Waals surface area contributed by atoms with E-state index >= 15 is 0 Å². The van der Waals surface area contributed by atoms with Crippen LogP contribution in [0.5, 0.6) is 5.75 Å². The lowest BCUT2D eigenvalue weighted by Gasteiger charge is -2.31. The standard InChI is InChI=1S/C28H32F5N3O5/c1-15(2)36-23-17(12-18(29)14-19(23)30)10-11-20(25(36)38)34-24(37)21(35-26(39)41-27(3,4)5)13-16-8-6-7-9-22(16)40-28(31,32)33/h6-9,12,14-15,20-21H,10-11,13H2,1-5H3,(H,34,37)(H,35,39)/t20-,21-/m1/s1. The second kappa shape index (κ2) is 12.3. The Morgan fingerprint density at radius 2 is 1.76 bits per heavy atom. The van der Waals surface area contributed by atoms with Gasteiger partial charge in [0.1, 0.15) is 35.1 Å². The molecule has 1 heterocycles. The van der Waals surface area contributed by atoms with Crippen molar-refractivity contribution in [1.82, 2.24) is 10.6 Å². The molecule has 2 aromatic carbocycles. The molecule has 1 aliphatic rings. The van der Waals surface area contributed by atoms with Crippen molar-refractivity contribution in [3.8, 4) is 5.75 Å². The number of amides is 3. The molecule has 2 atom stereocenters. The summed E-state index contributed by atoms with van der Waals surface area (Å²) in [6.07, 6.45) is -6.48. The van der Waals surface area contributed by atoms with Gasteiger partial charge < -0.3 is 25.0 Å². The molecule has 0 radical (unpaired) electrons. The number of carbonyl (C=O) groups is 3. The van der Waals surface area contributed by atoms with Crippen molar-refractivity contribution >= 4 is 23.6 Å². The summed E-state index contributed by atoms with van der Waals surface area (Å²) in [4.78, 5) is 40.7. The Bertz CT molecular complexity index is 1290. The number of hydrogen-bond acceptors (Lipinski definition) is 5. The molecule has 0 fully saturated rings. The van der Waals surface area contributed by atoms with Crippen LogP contribution < -0.4 is 20.3 Å². The smallest absolute Gasteiger partial charge is 0.444 e. The number of nitrogens with one attached hydrogen (secondary N) is 2. The fourth-order valence-electron chi connectivity index (χ4n) is 4.48. The molecule has 2 N–H and O–H groups in total. The van der Waals surface area contributed by atoms with Crippen LogP contribution in [0.1, 0.15) is 52.2 Å². The van der Waals surface area contributed by atoms with Crippen molar-refractivity contribution in [1.29, 1.82) is 0 Å². The average Bonchev–Trinajstić information content (AvgIpc) is 2.94. The van der Waals surface area contributed by atoms with Crippen LogP contribution in [-0.2, 0) is 27.2 Å². The number of fused-ring (bicyclic) bond motifs is 1. The topological polar surface area (TPSA) is 97.0 Å². The first-order valence-electron chi connectivity index (χ1n) is 12.9. The van der Waals surface area contributed by atoms with E-state index in [9.17, 15) is 36.3 Å². The normalized spacial score (nSPS) is 16.5. The minimum atomic E-state index is -5.01. The van der Waals surface area contributed by atoms with E-state index < -0.39 is 71.8 Å². The van der Waals surface area contributed by atoms with Gasteiger partial charge in [-0.15, -0.1) is 13.2 Å². The zero-order chi connectivity index (χ0) is 30.7. The van der Waals surface area contributed by atoms with Gasteiger partial charge in [-0.25, -0.2) is 13.6 Å². The summed E-state index contributed by atoms with van der Waals surface area (Å²) in [5, 5.41) is 4.89. The SMILES string of the molecule is CC(C)N1C(=O)[C@H](NC(=O)[C@@H](Cc2ccccc2OC(F)(F)F)NC(=O)OC(C)(C)C)CCc2cc(F)cc(F)c21. The van der Waals surface area contributed by atoms with Gasteiger partial charge in [-0.05, 0) is 70.7 Å². The number of para-hydroxylation sites is 1. The van der Waals surface area contributed by atoms with Crippen molar-refractivity contribution in [2.45, 2.75) is 84.0 Å². The number of halogens is 5. The van der Waals surface area contributed by atoms with Gasteiger partial charge in [0.25, 0.3) is 0 Å². The number of alkyl halides is 3. The quantitative estimate of drug-likeness (QED) is 0.437. The van der Waals surface area contributed by atoms with Crippen LogP contribution in [0.2, 0.25) is 0 Å². The highest BCUT2D eigenvalue weighted by Gasteiger charge is 2.37. The van der Waals surface area contributed by atoms with Crippen LogP contribution in [0.3, 0.4) is 0 Å². The van der Waals surface area contributed by atoms with Crippen molar-refractivity contribution in [2.24, 2.45) is 0 Å². The van der Waals surface area contributed by atoms with E-state index in [1.54, 1.807) is 34.6 Å². The second-order valence-electron chi connectivity index (χ2n) is 10.9. The molecule has 224 valence electrons. The van der Waals surface area contributed by atoms with E-state index in [2.05, 4.69) is 15.4 Å². The van der Waals surface area contributed by atoms with Gasteiger partial charge in [0, 0.05) is 18.5 Å². The minimum absolute atomic E-state index is 0.0311. The van der Waals surface area contributed by atoms with Gasteiger partial charge in [0.15, 0.2) is 0 Å². The Kier molecular flexibility index (Phi) is 9.50. The monoisotopic (exact) mass is 585 g/mol. The molecule has 0 saturated carbocycles. The molecule has 8 nitrogen and oxygen atoms in total. The number of aryl methyl sites for hydroxylation is 1. The summed E-state index contributed by atoms with van der Waals surface area (Å²) in [5.74, 6) is -3.90. The molecule has 0 saturated heterocycles. The Balaban J connectivity index is 1.92. The highest BCUT2D eigenvalue weighted by molar-refractivity contribution is 6.01. The van der Waals surface area contributed by atoms with Crippen molar-refractivity contribution in [3.63, 3.8) is 0 Å². The summed E-state index contributed by atoms with van der Waals surface area (Å²) in [5.41, 5.74) is -0.863. The molecule has 13 heteroatoms. The zero-order valence-corrected chi connectivity index (χ0v) is 23.2. The fourth-order valence-corrected chi connectivity index (χ4v) is 4.48. The molecule has 3 rings (SSSR count). The van der Waals surface area contributed by atoms with Gasteiger partial charge in [-0.1, -0.05) is 18.2 Å². The van der Waals surface area contributed by atoms with E-state index in [1.165, 1.54) is 18.2 Å². The first-order valence-corrected chi connectivity index (χ1v) is 12.9. The Labute approximate surface area is 234 Å². The molecule has 1 aliphatic heterocycles. The van der Waals surface area contributed by atoms with E-state index in [0.29, 0.717) is 6.07 Å². The number of benzene rings is 2. The third-order valence-electron chi connectivity index (χ3n) is 6.05. The van der Waals surface area contributed by atoms with Crippen LogP contribution in [0.4, 0.5) is 32.4 Å². The predicted octanol–water partition coefficient (Wildman–Crippen LogP) is 5.17. The zero-order valence-electron chi connectivity index (χ0n) is 23.2. The van der Waals surface area contributed by atoms with Gasteiger partial charge >= 0.3 is 12.5 Å². The minimum Gasteiger partial charge on any atom is -0.444 e. The largest absolute Gasteiger partial charge is 0.573 e. The third kappa shape index (κ3) is 8.54. The van der Waals surface area contributed by atoms with Crippen molar-refractivity contribution < 1.29 is 45.8 Å². The number of ether oxygens (including phenoxy) is 2. The highest BCUT2D eigenvalue weighted by Crippen LogP contribution is 2.33. The Hall–Kier alpha value is -3.90.